The Labute approximate surface area is 163 Å². The minimum Gasteiger partial charge on any atom is -0.497 e. The molecule has 0 aliphatic heterocycles. The first-order chi connectivity index (χ1) is 13.2. The number of hydrogen-bond acceptors (Lipinski definition) is 5. The molecule has 28 heavy (non-hydrogen) atoms. The van der Waals surface area contributed by atoms with Crippen molar-refractivity contribution < 1.29 is 23.1 Å². The van der Waals surface area contributed by atoms with Gasteiger partial charge in [0.05, 0.1) is 24.0 Å². The molecule has 1 aromatic carbocycles. The highest BCUT2D eigenvalue weighted by Crippen LogP contribution is 2.32. The van der Waals surface area contributed by atoms with E-state index in [0.29, 0.717) is 40.0 Å². The number of ether oxygens (including phenoxy) is 1. The molecule has 3 aromatic rings. The number of aromatic nitrogens is 3. The molecule has 3 rings (SSSR count). The van der Waals surface area contributed by atoms with Crippen LogP contribution in [0.4, 0.5) is 0 Å². The lowest BCUT2D eigenvalue weighted by Crippen LogP contribution is -2.15. The third-order valence-corrected chi connectivity index (χ3v) is 6.67. The second kappa shape index (κ2) is 7.31. The number of aryl methyl sites for hydroxylation is 3. The number of methoxy groups -OCH3 is 1. The topological polar surface area (TPSA) is 103 Å². The molecule has 0 saturated heterocycles. The van der Waals surface area contributed by atoms with Crippen LogP contribution in [0.5, 0.6) is 5.75 Å². The standard InChI is InChI=1S/C19H23N3O5S/c1-5-16-19(12(2)20-21(16)3)28(25,26)22-11-13(6-9-18(23)24)15-10-14(27-4)7-8-17(15)22/h7-8,10-11H,5-6,9H2,1-4H3,(H,23,24). The predicted octanol–water partition coefficient (Wildman–Crippen LogP) is 2.51. The zero-order valence-corrected chi connectivity index (χ0v) is 17.1. The Morgan fingerprint density at radius 2 is 2.04 bits per heavy atom. The lowest BCUT2D eigenvalue weighted by molar-refractivity contribution is -0.136. The van der Waals surface area contributed by atoms with E-state index in [1.807, 2.05) is 6.92 Å². The molecule has 2 heterocycles. The van der Waals surface area contributed by atoms with Gasteiger partial charge in [-0.3, -0.25) is 9.48 Å². The number of hydrogen-bond donors (Lipinski definition) is 1. The Kier molecular flexibility index (Phi) is 5.20. The number of fused-ring (bicyclic) bond motifs is 1. The summed E-state index contributed by atoms with van der Waals surface area (Å²) in [5.74, 6) is -0.367. The Morgan fingerprint density at radius 1 is 1.32 bits per heavy atom. The second-order valence-corrected chi connectivity index (χ2v) is 8.32. The van der Waals surface area contributed by atoms with Crippen LogP contribution in [0.15, 0.2) is 29.3 Å². The van der Waals surface area contributed by atoms with E-state index < -0.39 is 16.0 Å². The maximum atomic E-state index is 13.5. The van der Waals surface area contributed by atoms with Gasteiger partial charge in [0, 0.05) is 25.1 Å². The number of carboxylic acid groups (broad SMARTS) is 1. The van der Waals surface area contributed by atoms with Gasteiger partial charge in [-0.25, -0.2) is 12.4 Å². The van der Waals surface area contributed by atoms with E-state index >= 15 is 0 Å². The maximum absolute atomic E-state index is 13.5. The number of aliphatic carboxylic acids is 1. The van der Waals surface area contributed by atoms with Crippen molar-refractivity contribution >= 4 is 26.9 Å². The molecule has 1 N–H and O–H groups in total. The van der Waals surface area contributed by atoms with Crippen molar-refractivity contribution in [2.45, 2.75) is 38.0 Å². The predicted molar refractivity (Wildman–Crippen MR) is 104 cm³/mol. The average Bonchev–Trinajstić information content (AvgIpc) is 3.16. The van der Waals surface area contributed by atoms with Crippen molar-refractivity contribution in [2.24, 2.45) is 7.05 Å². The Bertz CT molecular complexity index is 1160. The Hall–Kier alpha value is -2.81. The normalized spacial score (nSPS) is 11.9. The molecule has 0 aliphatic carbocycles. The van der Waals surface area contributed by atoms with Gasteiger partial charge in [0.25, 0.3) is 10.0 Å². The van der Waals surface area contributed by atoms with Crippen LogP contribution in [0.1, 0.15) is 30.3 Å². The fraction of sp³-hybridized carbons (Fsp3) is 0.368. The van der Waals surface area contributed by atoms with Gasteiger partial charge in [0.1, 0.15) is 10.6 Å². The summed E-state index contributed by atoms with van der Waals surface area (Å²) in [6.07, 6.45) is 2.15. The number of rotatable bonds is 7. The van der Waals surface area contributed by atoms with E-state index in [0.717, 1.165) is 0 Å². The summed E-state index contributed by atoms with van der Waals surface area (Å²) in [6.45, 7) is 3.55. The average molecular weight is 405 g/mol. The van der Waals surface area contributed by atoms with Gasteiger partial charge in [-0.2, -0.15) is 5.10 Å². The van der Waals surface area contributed by atoms with Crippen LogP contribution in [0.25, 0.3) is 10.9 Å². The molecule has 2 aromatic heterocycles. The highest BCUT2D eigenvalue weighted by atomic mass is 32.2. The third kappa shape index (κ3) is 3.26. The first-order valence-corrected chi connectivity index (χ1v) is 10.3. The maximum Gasteiger partial charge on any atom is 0.303 e. The van der Waals surface area contributed by atoms with Crippen LogP contribution >= 0.6 is 0 Å². The molecule has 0 amide bonds. The smallest absolute Gasteiger partial charge is 0.303 e. The van der Waals surface area contributed by atoms with Crippen molar-refractivity contribution in [3.8, 4) is 5.75 Å². The highest BCUT2D eigenvalue weighted by Gasteiger charge is 2.29. The monoisotopic (exact) mass is 405 g/mol. The fourth-order valence-corrected chi connectivity index (χ4v) is 5.39. The summed E-state index contributed by atoms with van der Waals surface area (Å²) in [5, 5.41) is 14.0. The van der Waals surface area contributed by atoms with Gasteiger partial charge in [0.2, 0.25) is 0 Å². The molecule has 0 aliphatic rings. The van der Waals surface area contributed by atoms with Crippen molar-refractivity contribution in [2.75, 3.05) is 7.11 Å². The first kappa shape index (κ1) is 19.9. The van der Waals surface area contributed by atoms with Gasteiger partial charge in [-0.1, -0.05) is 6.92 Å². The Morgan fingerprint density at radius 3 is 2.64 bits per heavy atom. The number of carbonyl (C=O) groups is 1. The van der Waals surface area contributed by atoms with Gasteiger partial charge >= 0.3 is 5.97 Å². The van der Waals surface area contributed by atoms with E-state index in [2.05, 4.69) is 5.10 Å². The second-order valence-electron chi connectivity index (χ2n) is 6.57. The van der Waals surface area contributed by atoms with Gasteiger partial charge in [0.15, 0.2) is 0 Å². The van der Waals surface area contributed by atoms with Crippen LogP contribution in [0, 0.1) is 6.92 Å². The Balaban J connectivity index is 2.26. The summed E-state index contributed by atoms with van der Waals surface area (Å²) in [7, 11) is -0.660. The first-order valence-electron chi connectivity index (χ1n) is 8.88. The molecular weight excluding hydrogens is 382 g/mol. The zero-order valence-electron chi connectivity index (χ0n) is 16.3. The lowest BCUT2D eigenvalue weighted by atomic mass is 10.1. The minimum absolute atomic E-state index is 0.0947. The lowest BCUT2D eigenvalue weighted by Gasteiger charge is -2.09. The van der Waals surface area contributed by atoms with Crippen LogP contribution in [0.2, 0.25) is 0 Å². The van der Waals surface area contributed by atoms with E-state index in [1.54, 1.807) is 36.9 Å². The molecule has 8 nitrogen and oxygen atoms in total. The highest BCUT2D eigenvalue weighted by molar-refractivity contribution is 7.90. The summed E-state index contributed by atoms with van der Waals surface area (Å²) >= 11 is 0. The summed E-state index contributed by atoms with van der Waals surface area (Å²) in [4.78, 5) is 11.2. The molecule has 0 unspecified atom stereocenters. The largest absolute Gasteiger partial charge is 0.497 e. The van der Waals surface area contributed by atoms with E-state index in [4.69, 9.17) is 9.84 Å². The van der Waals surface area contributed by atoms with E-state index in [1.165, 1.54) is 17.3 Å². The van der Waals surface area contributed by atoms with E-state index in [9.17, 15) is 13.2 Å². The molecule has 0 spiro atoms. The molecule has 0 radical (unpaired) electrons. The molecule has 9 heteroatoms. The van der Waals surface area contributed by atoms with Crippen molar-refractivity contribution in [1.82, 2.24) is 13.8 Å². The third-order valence-electron chi connectivity index (χ3n) is 4.80. The molecule has 0 fully saturated rings. The van der Waals surface area contributed by atoms with Crippen molar-refractivity contribution in [1.29, 1.82) is 0 Å². The number of benzene rings is 1. The molecular formula is C19H23N3O5S. The zero-order chi connectivity index (χ0) is 20.6. The fourth-order valence-electron chi connectivity index (χ4n) is 3.52. The van der Waals surface area contributed by atoms with Crippen LogP contribution in [0.3, 0.4) is 0 Å². The molecule has 0 atom stereocenters. The quantitative estimate of drug-likeness (QED) is 0.648. The molecule has 150 valence electrons. The van der Waals surface area contributed by atoms with Gasteiger partial charge in [-0.05, 0) is 43.5 Å². The van der Waals surface area contributed by atoms with Crippen molar-refractivity contribution in [3.63, 3.8) is 0 Å². The summed E-state index contributed by atoms with van der Waals surface area (Å²) in [6, 6.07) is 5.09. The number of carboxylic acids is 1. The minimum atomic E-state index is -3.91. The number of nitrogens with zero attached hydrogens (tertiary/aromatic N) is 3. The van der Waals surface area contributed by atoms with Crippen LogP contribution in [-0.2, 0) is 34.7 Å². The van der Waals surface area contributed by atoms with Gasteiger partial charge in [-0.15, -0.1) is 0 Å². The van der Waals surface area contributed by atoms with E-state index in [-0.39, 0.29) is 17.7 Å². The molecule has 0 saturated carbocycles. The van der Waals surface area contributed by atoms with Gasteiger partial charge < -0.3 is 9.84 Å². The SMILES string of the molecule is CCc1c(S(=O)(=O)n2cc(CCC(=O)O)c3cc(OC)ccc32)c(C)nn1C. The van der Waals surface area contributed by atoms with Crippen molar-refractivity contribution in [3.05, 3.63) is 41.3 Å². The summed E-state index contributed by atoms with van der Waals surface area (Å²) < 4.78 is 35.1. The van der Waals surface area contributed by atoms with Crippen LogP contribution < -0.4 is 4.74 Å². The van der Waals surface area contributed by atoms with Crippen LogP contribution in [-0.4, -0.2) is 40.4 Å². The summed E-state index contributed by atoms with van der Waals surface area (Å²) in [5.41, 5.74) is 2.17. The molecule has 0 bridgehead atoms.